The molecule has 0 spiro atoms. The summed E-state index contributed by atoms with van der Waals surface area (Å²) in [4.78, 5) is 30.0. The van der Waals surface area contributed by atoms with Crippen molar-refractivity contribution in [2.24, 2.45) is 0 Å². The van der Waals surface area contributed by atoms with Gasteiger partial charge in [-0.3, -0.25) is 9.78 Å². The van der Waals surface area contributed by atoms with E-state index in [9.17, 15) is 19.4 Å². The van der Waals surface area contributed by atoms with Gasteiger partial charge in [-0.05, 0) is 30.3 Å². The Morgan fingerprint density at radius 1 is 1.12 bits per heavy atom. The summed E-state index contributed by atoms with van der Waals surface area (Å²) in [5.41, 5.74) is 2.61. The summed E-state index contributed by atoms with van der Waals surface area (Å²) in [6, 6.07) is 9.67. The summed E-state index contributed by atoms with van der Waals surface area (Å²) in [6.45, 7) is 1.76. The van der Waals surface area contributed by atoms with E-state index in [1.54, 1.807) is 40.7 Å². The van der Waals surface area contributed by atoms with E-state index in [1.807, 2.05) is 4.90 Å². The number of anilines is 1. The Labute approximate surface area is 192 Å². The molecule has 1 fully saturated rings. The number of thiophene rings is 1. The lowest BCUT2D eigenvalue weighted by Crippen LogP contribution is -2.49. The van der Waals surface area contributed by atoms with Crippen LogP contribution < -0.4 is 4.90 Å². The molecule has 0 radical (unpaired) electrons. The summed E-state index contributed by atoms with van der Waals surface area (Å²) in [7, 11) is 0. The molecule has 0 aliphatic carbocycles. The van der Waals surface area contributed by atoms with Crippen LogP contribution in [0.3, 0.4) is 0 Å². The minimum atomic E-state index is -0.392. The molecule has 4 aromatic rings. The van der Waals surface area contributed by atoms with Crippen LogP contribution in [0.25, 0.3) is 21.7 Å². The van der Waals surface area contributed by atoms with Crippen LogP contribution in [0.1, 0.15) is 15.9 Å². The van der Waals surface area contributed by atoms with E-state index in [4.69, 9.17) is 0 Å². The molecular formula is C23H20FN5O3S. The molecule has 1 aliphatic heterocycles. The lowest BCUT2D eigenvalue weighted by molar-refractivity contribution is 0.0749. The van der Waals surface area contributed by atoms with Crippen molar-refractivity contribution >= 4 is 33.1 Å². The SMILES string of the molecule is O=C(c1csc2c(O)nc(-c3ccccn3)nc12)N1CCN(c2ccc(F)cc2CO)CC1. The number of aliphatic hydroxyl groups excluding tert-OH is 1. The van der Waals surface area contributed by atoms with E-state index in [0.717, 1.165) is 5.69 Å². The van der Waals surface area contributed by atoms with Crippen LogP contribution in [0.5, 0.6) is 5.88 Å². The number of rotatable bonds is 4. The third kappa shape index (κ3) is 3.98. The molecule has 2 N–H and O–H groups in total. The van der Waals surface area contributed by atoms with Crippen molar-refractivity contribution in [1.29, 1.82) is 0 Å². The van der Waals surface area contributed by atoms with Crippen LogP contribution in [-0.4, -0.2) is 62.2 Å². The largest absolute Gasteiger partial charge is 0.492 e. The van der Waals surface area contributed by atoms with Gasteiger partial charge in [-0.1, -0.05) is 6.07 Å². The first-order chi connectivity index (χ1) is 16.0. The van der Waals surface area contributed by atoms with Crippen molar-refractivity contribution in [3.63, 3.8) is 0 Å². The number of carbonyl (C=O) groups is 1. The van der Waals surface area contributed by atoms with Crippen LogP contribution in [0.2, 0.25) is 0 Å². The zero-order chi connectivity index (χ0) is 22.9. The molecule has 1 aromatic carbocycles. The molecule has 1 amide bonds. The number of pyridine rings is 1. The van der Waals surface area contributed by atoms with Gasteiger partial charge in [-0.25, -0.2) is 9.37 Å². The van der Waals surface area contributed by atoms with E-state index < -0.39 is 5.82 Å². The van der Waals surface area contributed by atoms with E-state index in [0.29, 0.717) is 53.2 Å². The van der Waals surface area contributed by atoms with Gasteiger partial charge in [-0.2, -0.15) is 4.98 Å². The second kappa shape index (κ2) is 8.72. The number of carbonyl (C=O) groups excluding carboxylic acids is 1. The molecule has 0 saturated carbocycles. The Kier molecular flexibility index (Phi) is 5.61. The molecule has 1 aliphatic rings. The Morgan fingerprint density at radius 2 is 1.94 bits per heavy atom. The number of nitrogens with zero attached hydrogens (tertiary/aromatic N) is 5. The molecule has 10 heteroatoms. The summed E-state index contributed by atoms with van der Waals surface area (Å²) in [5, 5.41) is 21.7. The first kappa shape index (κ1) is 21.2. The number of amides is 1. The summed E-state index contributed by atoms with van der Waals surface area (Å²) >= 11 is 1.22. The number of piperazine rings is 1. The Bertz CT molecular complexity index is 1320. The molecule has 0 unspecified atom stereocenters. The standard InChI is InChI=1S/C23H20FN5O3S/c24-15-4-5-18(14(11-15)12-30)28-7-9-29(10-8-28)23(32)16-13-33-20-19(16)26-21(27-22(20)31)17-3-1-2-6-25-17/h1-6,11,13,30H,7-10,12H2,(H,26,27,31). The van der Waals surface area contributed by atoms with Crippen molar-refractivity contribution in [3.05, 3.63) is 64.9 Å². The van der Waals surface area contributed by atoms with Crippen LogP contribution >= 0.6 is 11.3 Å². The predicted molar refractivity (Wildman–Crippen MR) is 123 cm³/mol. The van der Waals surface area contributed by atoms with Crippen LogP contribution in [0.15, 0.2) is 48.0 Å². The third-order valence-electron chi connectivity index (χ3n) is 5.64. The number of hydrogen-bond acceptors (Lipinski definition) is 8. The maximum atomic E-state index is 13.5. The van der Waals surface area contributed by atoms with E-state index in [2.05, 4.69) is 15.0 Å². The normalized spacial score (nSPS) is 14.1. The highest BCUT2D eigenvalue weighted by Crippen LogP contribution is 2.33. The maximum Gasteiger partial charge on any atom is 0.257 e. The highest BCUT2D eigenvalue weighted by molar-refractivity contribution is 7.17. The third-order valence-corrected chi connectivity index (χ3v) is 6.61. The highest BCUT2D eigenvalue weighted by Gasteiger charge is 2.27. The van der Waals surface area contributed by atoms with Crippen LogP contribution in [0.4, 0.5) is 10.1 Å². The van der Waals surface area contributed by atoms with Crippen molar-refractivity contribution < 1.29 is 19.4 Å². The fraction of sp³-hybridized carbons (Fsp3) is 0.217. The van der Waals surface area contributed by atoms with Gasteiger partial charge in [0, 0.05) is 49.0 Å². The fourth-order valence-corrected chi connectivity index (χ4v) is 4.84. The monoisotopic (exact) mass is 465 g/mol. The molecule has 5 rings (SSSR count). The Morgan fingerprint density at radius 3 is 2.67 bits per heavy atom. The van der Waals surface area contributed by atoms with E-state index in [-0.39, 0.29) is 24.2 Å². The number of halogens is 1. The summed E-state index contributed by atoms with van der Waals surface area (Å²) in [5.74, 6) is -0.489. The maximum absolute atomic E-state index is 13.5. The lowest BCUT2D eigenvalue weighted by atomic mass is 10.1. The van der Waals surface area contributed by atoms with Gasteiger partial charge in [0.25, 0.3) is 5.91 Å². The minimum absolute atomic E-state index is 0.174. The van der Waals surface area contributed by atoms with E-state index in [1.165, 1.54) is 23.5 Å². The quantitative estimate of drug-likeness (QED) is 0.478. The number of aromatic nitrogens is 3. The fourth-order valence-electron chi connectivity index (χ4n) is 3.97. The number of benzene rings is 1. The zero-order valence-electron chi connectivity index (χ0n) is 17.5. The smallest absolute Gasteiger partial charge is 0.257 e. The molecule has 168 valence electrons. The second-order valence-corrected chi connectivity index (χ2v) is 8.50. The highest BCUT2D eigenvalue weighted by atomic mass is 32.1. The average Bonchev–Trinajstić information content (AvgIpc) is 3.29. The van der Waals surface area contributed by atoms with Gasteiger partial charge in [0.2, 0.25) is 5.88 Å². The van der Waals surface area contributed by atoms with Gasteiger partial charge >= 0.3 is 0 Å². The number of fused-ring (bicyclic) bond motifs is 1. The summed E-state index contributed by atoms with van der Waals surface area (Å²) in [6.07, 6.45) is 1.61. The second-order valence-electron chi connectivity index (χ2n) is 7.62. The molecule has 1 saturated heterocycles. The van der Waals surface area contributed by atoms with Gasteiger partial charge in [-0.15, -0.1) is 11.3 Å². The number of hydrogen-bond donors (Lipinski definition) is 2. The van der Waals surface area contributed by atoms with Crippen molar-refractivity contribution in [3.8, 4) is 17.4 Å². The Hall–Kier alpha value is -3.63. The summed E-state index contributed by atoms with van der Waals surface area (Å²) < 4.78 is 14.0. The zero-order valence-corrected chi connectivity index (χ0v) is 18.3. The van der Waals surface area contributed by atoms with Crippen LogP contribution in [0, 0.1) is 5.82 Å². The van der Waals surface area contributed by atoms with Crippen molar-refractivity contribution in [2.45, 2.75) is 6.61 Å². The molecule has 3 aromatic heterocycles. The van der Waals surface area contributed by atoms with E-state index >= 15 is 0 Å². The average molecular weight is 466 g/mol. The lowest BCUT2D eigenvalue weighted by Gasteiger charge is -2.36. The topological polar surface area (TPSA) is 103 Å². The van der Waals surface area contributed by atoms with Crippen LogP contribution in [-0.2, 0) is 6.61 Å². The first-order valence-electron chi connectivity index (χ1n) is 10.4. The van der Waals surface area contributed by atoms with Crippen molar-refractivity contribution in [2.75, 3.05) is 31.1 Å². The first-order valence-corrected chi connectivity index (χ1v) is 11.3. The van der Waals surface area contributed by atoms with Gasteiger partial charge in [0.15, 0.2) is 5.82 Å². The number of aromatic hydroxyl groups is 1. The van der Waals surface area contributed by atoms with Gasteiger partial charge in [0.05, 0.1) is 12.2 Å². The predicted octanol–water partition coefficient (Wildman–Crippen LogP) is 3.05. The van der Waals surface area contributed by atoms with Crippen molar-refractivity contribution in [1.82, 2.24) is 19.9 Å². The minimum Gasteiger partial charge on any atom is -0.492 e. The number of aliphatic hydroxyl groups is 1. The molecule has 33 heavy (non-hydrogen) atoms. The van der Waals surface area contributed by atoms with Gasteiger partial charge < -0.3 is 20.0 Å². The van der Waals surface area contributed by atoms with Gasteiger partial charge in [0.1, 0.15) is 21.7 Å². The molecular weight excluding hydrogens is 445 g/mol. The molecule has 4 heterocycles. The molecule has 0 atom stereocenters. The molecule has 0 bridgehead atoms. The Balaban J connectivity index is 1.38. The molecule has 8 nitrogen and oxygen atoms in total.